The number of rotatable bonds is 7. The Bertz CT molecular complexity index is 1280. The first-order valence-electron chi connectivity index (χ1n) is 10.7. The summed E-state index contributed by atoms with van der Waals surface area (Å²) in [5.41, 5.74) is 3.78. The Morgan fingerprint density at radius 3 is 2.32 bits per heavy atom. The monoisotopic (exact) mass is 484 g/mol. The number of hydrogen-bond donors (Lipinski definition) is 3. The number of anilines is 2. The van der Waals surface area contributed by atoms with E-state index in [1.165, 1.54) is 19.3 Å². The summed E-state index contributed by atoms with van der Waals surface area (Å²) in [5, 5.41) is 17.4. The molecule has 0 bridgehead atoms. The van der Waals surface area contributed by atoms with Crippen molar-refractivity contribution in [3.05, 3.63) is 75.2 Å². The van der Waals surface area contributed by atoms with Gasteiger partial charge in [-0.25, -0.2) is 4.68 Å². The van der Waals surface area contributed by atoms with Gasteiger partial charge >= 0.3 is 0 Å². The van der Waals surface area contributed by atoms with E-state index in [2.05, 4.69) is 15.9 Å². The average Bonchev–Trinajstić information content (AvgIpc) is 2.76. The Labute approximate surface area is 203 Å². The summed E-state index contributed by atoms with van der Waals surface area (Å²) in [4.78, 5) is 30.7. The van der Waals surface area contributed by atoms with Crippen LogP contribution in [0.2, 0.25) is 5.02 Å². The highest BCUT2D eigenvalue weighted by molar-refractivity contribution is 6.36. The predicted molar refractivity (Wildman–Crippen MR) is 134 cm³/mol. The van der Waals surface area contributed by atoms with Crippen LogP contribution in [0.1, 0.15) is 43.6 Å². The zero-order valence-electron chi connectivity index (χ0n) is 20.1. The van der Waals surface area contributed by atoms with Crippen LogP contribution >= 0.6 is 11.6 Å². The van der Waals surface area contributed by atoms with Crippen LogP contribution in [0.3, 0.4) is 0 Å². The highest BCUT2D eigenvalue weighted by atomic mass is 35.5. The molecule has 1 aromatic heterocycles. The lowest BCUT2D eigenvalue weighted by molar-refractivity contribution is -0.130. The van der Waals surface area contributed by atoms with Gasteiger partial charge in [0.15, 0.2) is 0 Å². The number of halogens is 1. The van der Waals surface area contributed by atoms with Gasteiger partial charge in [-0.1, -0.05) is 35.9 Å². The maximum Gasteiger partial charge on any atom is 0.279 e. The maximum atomic E-state index is 12.7. The number of aromatic nitrogens is 2. The fraction of sp³-hybridized carbons (Fsp3) is 0.320. The third-order valence-electron chi connectivity index (χ3n) is 6.01. The molecule has 0 fully saturated rings. The van der Waals surface area contributed by atoms with E-state index in [0.29, 0.717) is 16.4 Å². The molecule has 34 heavy (non-hydrogen) atoms. The molecule has 0 atom stereocenters. The maximum absolute atomic E-state index is 12.7. The van der Waals surface area contributed by atoms with Gasteiger partial charge in [-0.05, 0) is 63.9 Å². The van der Waals surface area contributed by atoms with Crippen LogP contribution in [0.5, 0.6) is 0 Å². The van der Waals surface area contributed by atoms with Gasteiger partial charge in [0.1, 0.15) is 11.2 Å². The minimum atomic E-state index is -1.09. The molecule has 0 aliphatic carbocycles. The van der Waals surface area contributed by atoms with E-state index in [9.17, 15) is 14.7 Å². The lowest BCUT2D eigenvalue weighted by Gasteiger charge is -2.36. The molecule has 0 radical (unpaired) electrons. The second-order valence-electron chi connectivity index (χ2n) is 9.05. The zero-order chi connectivity index (χ0) is 25.3. The number of nitrogens with one attached hydrogen (secondary N) is 2. The largest absolute Gasteiger partial charge is 0.387 e. The summed E-state index contributed by atoms with van der Waals surface area (Å²) in [6.07, 6.45) is 1.40. The van der Waals surface area contributed by atoms with Crippen molar-refractivity contribution in [2.24, 2.45) is 7.05 Å². The van der Waals surface area contributed by atoms with E-state index in [1.54, 1.807) is 45.9 Å². The van der Waals surface area contributed by atoms with Crippen LogP contribution < -0.4 is 16.4 Å². The molecular weight excluding hydrogens is 456 g/mol. The Balaban J connectivity index is 1.91. The van der Waals surface area contributed by atoms with Gasteiger partial charge in [0.2, 0.25) is 0 Å². The summed E-state index contributed by atoms with van der Waals surface area (Å²) in [6, 6.07) is 12.3. The van der Waals surface area contributed by atoms with Crippen LogP contribution in [0, 0.1) is 6.92 Å². The molecule has 9 heteroatoms. The number of carbonyl (C=O) groups is 1. The Hall–Kier alpha value is -3.20. The Morgan fingerprint density at radius 2 is 1.68 bits per heavy atom. The molecule has 0 aliphatic heterocycles. The fourth-order valence-electron chi connectivity index (χ4n) is 3.06. The first-order chi connectivity index (χ1) is 15.8. The highest BCUT2D eigenvalue weighted by Crippen LogP contribution is 2.38. The molecule has 3 aromatic rings. The van der Waals surface area contributed by atoms with Gasteiger partial charge in [0.05, 0.1) is 16.3 Å². The van der Waals surface area contributed by atoms with Crippen molar-refractivity contribution >= 4 is 28.9 Å². The molecule has 8 nitrogen and oxygen atoms in total. The molecule has 0 spiro atoms. The van der Waals surface area contributed by atoms with Crippen molar-refractivity contribution in [1.29, 1.82) is 0 Å². The van der Waals surface area contributed by atoms with Crippen molar-refractivity contribution in [2.75, 3.05) is 10.8 Å². The molecule has 0 aliphatic rings. The molecule has 1 amide bonds. The van der Waals surface area contributed by atoms with E-state index < -0.39 is 22.7 Å². The van der Waals surface area contributed by atoms with Crippen molar-refractivity contribution in [1.82, 2.24) is 9.78 Å². The molecule has 0 saturated carbocycles. The minimum absolute atomic E-state index is 0.00176. The van der Waals surface area contributed by atoms with E-state index in [-0.39, 0.29) is 5.56 Å². The molecular formula is C25H29ClN4O4. The summed E-state index contributed by atoms with van der Waals surface area (Å²) < 4.78 is 1.11. The van der Waals surface area contributed by atoms with Crippen LogP contribution in [-0.4, -0.2) is 32.0 Å². The second-order valence-corrected chi connectivity index (χ2v) is 9.42. The Kier molecular flexibility index (Phi) is 7.16. The topological polar surface area (TPSA) is 105 Å². The quantitative estimate of drug-likeness (QED) is 0.425. The van der Waals surface area contributed by atoms with Crippen molar-refractivity contribution in [3.8, 4) is 11.1 Å². The second kappa shape index (κ2) is 9.58. The third kappa shape index (κ3) is 5.14. The van der Waals surface area contributed by atoms with E-state index in [4.69, 9.17) is 16.4 Å². The fourth-order valence-corrected chi connectivity index (χ4v) is 3.32. The molecule has 1 heterocycles. The van der Waals surface area contributed by atoms with Gasteiger partial charge in [0, 0.05) is 24.5 Å². The molecule has 3 rings (SSSR count). The number of carbonyl (C=O) groups excluding carboxylic acids is 1. The zero-order valence-corrected chi connectivity index (χ0v) is 20.8. The number of benzene rings is 2. The summed E-state index contributed by atoms with van der Waals surface area (Å²) in [6.45, 7) is 8.73. The normalized spacial score (nSPS) is 11.9. The third-order valence-corrected chi connectivity index (χ3v) is 6.42. The standard InChI is InChI=1S/C25H29ClN4O4/c1-15-16(9-7-11-19(15)28-22(31)18-13-14-27-30(6)23(18)32)17-10-8-12-20(21(17)26)29-34-25(4,5)24(2,3)33/h7-14,29,33H,1-6H3,(H,28,31). The molecule has 0 saturated heterocycles. The minimum Gasteiger partial charge on any atom is -0.387 e. The van der Waals surface area contributed by atoms with E-state index in [0.717, 1.165) is 21.4 Å². The van der Waals surface area contributed by atoms with Crippen LogP contribution in [0.25, 0.3) is 11.1 Å². The van der Waals surface area contributed by atoms with Crippen LogP contribution in [0.15, 0.2) is 53.5 Å². The van der Waals surface area contributed by atoms with Gasteiger partial charge in [-0.3, -0.25) is 19.9 Å². The van der Waals surface area contributed by atoms with Crippen molar-refractivity contribution < 1.29 is 14.7 Å². The summed E-state index contributed by atoms with van der Waals surface area (Å²) >= 11 is 6.71. The van der Waals surface area contributed by atoms with E-state index >= 15 is 0 Å². The summed E-state index contributed by atoms with van der Waals surface area (Å²) in [5.74, 6) is -0.521. The lowest BCUT2D eigenvalue weighted by atomic mass is 9.90. The SMILES string of the molecule is Cc1c(NC(=O)c2ccnn(C)c2=O)cccc1-c1cccc(NOC(C)(C)C(C)(C)O)c1Cl. The van der Waals surface area contributed by atoms with Gasteiger partial charge in [0.25, 0.3) is 11.5 Å². The van der Waals surface area contributed by atoms with Gasteiger partial charge < -0.3 is 10.4 Å². The number of nitrogens with zero attached hydrogens (tertiary/aromatic N) is 2. The van der Waals surface area contributed by atoms with Gasteiger partial charge in [-0.2, -0.15) is 5.10 Å². The summed E-state index contributed by atoms with van der Waals surface area (Å²) in [7, 11) is 1.49. The number of hydrogen-bond acceptors (Lipinski definition) is 6. The van der Waals surface area contributed by atoms with Crippen molar-refractivity contribution in [2.45, 2.75) is 45.8 Å². The smallest absolute Gasteiger partial charge is 0.279 e. The van der Waals surface area contributed by atoms with Crippen molar-refractivity contribution in [3.63, 3.8) is 0 Å². The first-order valence-corrected chi connectivity index (χ1v) is 11.1. The number of amides is 1. The predicted octanol–water partition coefficient (Wildman–Crippen LogP) is 4.55. The van der Waals surface area contributed by atoms with Gasteiger partial charge in [-0.15, -0.1) is 0 Å². The molecule has 0 unspecified atom stereocenters. The molecule has 2 aromatic carbocycles. The van der Waals surface area contributed by atoms with Crippen LogP contribution in [0.4, 0.5) is 11.4 Å². The highest BCUT2D eigenvalue weighted by Gasteiger charge is 2.37. The first kappa shape index (κ1) is 25.4. The average molecular weight is 485 g/mol. The van der Waals surface area contributed by atoms with Crippen LogP contribution in [-0.2, 0) is 11.9 Å². The Morgan fingerprint density at radius 1 is 1.06 bits per heavy atom. The lowest BCUT2D eigenvalue weighted by Crippen LogP contribution is -2.48. The number of aliphatic hydroxyl groups is 1. The molecule has 180 valence electrons. The number of aryl methyl sites for hydroxylation is 1. The molecule has 3 N–H and O–H groups in total. The van der Waals surface area contributed by atoms with E-state index in [1.807, 2.05) is 25.1 Å².